The number of aromatic nitrogens is 2. The Bertz CT molecular complexity index is 1520. The number of nitrogens with one attached hydrogen (secondary N) is 1. The third-order valence-corrected chi connectivity index (χ3v) is 6.94. The average molecular weight is 519 g/mol. The number of pyridine rings is 1. The van der Waals surface area contributed by atoms with Gasteiger partial charge in [0.05, 0.1) is 18.8 Å². The fourth-order valence-electron chi connectivity index (χ4n) is 4.85. The first-order chi connectivity index (χ1) is 18.7. The topological polar surface area (TPSA) is 51.5 Å². The molecule has 2 atom stereocenters. The molecule has 1 fully saturated rings. The normalized spacial score (nSPS) is 16.8. The SMILES string of the molecule is COc1ccc(-n2cccc2[C@@H]2[C@@H](c3ccccn3)NC(=S)N2c2ccc(Oc3ccccc3)cc2)cc1. The fraction of sp³-hybridized carbons (Fsp3) is 0.0968. The van der Waals surface area contributed by atoms with Crippen molar-refractivity contribution < 1.29 is 9.47 Å². The van der Waals surface area contributed by atoms with Crippen LogP contribution in [0.5, 0.6) is 17.2 Å². The molecule has 1 saturated heterocycles. The van der Waals surface area contributed by atoms with Crippen LogP contribution < -0.4 is 19.7 Å². The number of hydrogen-bond acceptors (Lipinski definition) is 4. The fourth-order valence-corrected chi connectivity index (χ4v) is 5.19. The monoisotopic (exact) mass is 518 g/mol. The van der Waals surface area contributed by atoms with Crippen LogP contribution in [-0.4, -0.2) is 21.8 Å². The van der Waals surface area contributed by atoms with E-state index in [4.69, 9.17) is 21.7 Å². The van der Waals surface area contributed by atoms with Gasteiger partial charge in [0, 0.05) is 29.5 Å². The van der Waals surface area contributed by atoms with Crippen molar-refractivity contribution in [3.63, 3.8) is 0 Å². The number of rotatable bonds is 7. The summed E-state index contributed by atoms with van der Waals surface area (Å²) in [6, 6.07) is 35.7. The van der Waals surface area contributed by atoms with Gasteiger partial charge >= 0.3 is 0 Å². The second-order valence-corrected chi connectivity index (χ2v) is 9.29. The van der Waals surface area contributed by atoms with Gasteiger partial charge in [-0.3, -0.25) is 4.98 Å². The summed E-state index contributed by atoms with van der Waals surface area (Å²) >= 11 is 5.91. The van der Waals surface area contributed by atoms with E-state index in [1.165, 1.54) is 0 Å². The molecule has 0 spiro atoms. The van der Waals surface area contributed by atoms with Crippen LogP contribution in [0.25, 0.3) is 5.69 Å². The minimum atomic E-state index is -0.143. The van der Waals surface area contributed by atoms with Crippen molar-refractivity contribution in [2.45, 2.75) is 12.1 Å². The van der Waals surface area contributed by atoms with Crippen molar-refractivity contribution in [2.75, 3.05) is 12.0 Å². The van der Waals surface area contributed by atoms with Gasteiger partial charge in [-0.05, 0) is 97.1 Å². The summed E-state index contributed by atoms with van der Waals surface area (Å²) in [6.45, 7) is 0. The summed E-state index contributed by atoms with van der Waals surface area (Å²) in [5.74, 6) is 2.37. The number of nitrogens with zero attached hydrogens (tertiary/aromatic N) is 3. The van der Waals surface area contributed by atoms with Gasteiger partial charge in [-0.1, -0.05) is 24.3 Å². The molecule has 0 aliphatic carbocycles. The van der Waals surface area contributed by atoms with Gasteiger partial charge in [0.2, 0.25) is 0 Å². The summed E-state index contributed by atoms with van der Waals surface area (Å²) in [5.41, 5.74) is 4.01. The van der Waals surface area contributed by atoms with Gasteiger partial charge in [0.25, 0.3) is 0 Å². The zero-order valence-electron chi connectivity index (χ0n) is 20.8. The van der Waals surface area contributed by atoms with Crippen molar-refractivity contribution in [1.29, 1.82) is 0 Å². The van der Waals surface area contributed by atoms with Gasteiger partial charge in [-0.15, -0.1) is 0 Å². The van der Waals surface area contributed by atoms with E-state index in [9.17, 15) is 0 Å². The van der Waals surface area contributed by atoms with Crippen LogP contribution >= 0.6 is 12.2 Å². The molecular weight excluding hydrogens is 492 g/mol. The predicted molar refractivity (Wildman–Crippen MR) is 153 cm³/mol. The summed E-state index contributed by atoms with van der Waals surface area (Å²) in [5, 5.41) is 4.18. The van der Waals surface area contributed by atoms with E-state index < -0.39 is 0 Å². The Morgan fingerprint density at radius 2 is 1.42 bits per heavy atom. The zero-order valence-corrected chi connectivity index (χ0v) is 21.6. The molecule has 3 aromatic carbocycles. The van der Waals surface area contributed by atoms with Crippen LogP contribution in [0.1, 0.15) is 23.5 Å². The highest BCUT2D eigenvalue weighted by Crippen LogP contribution is 2.42. The molecule has 1 N–H and O–H groups in total. The van der Waals surface area contributed by atoms with Gasteiger partial charge in [0.15, 0.2) is 5.11 Å². The van der Waals surface area contributed by atoms with E-state index in [2.05, 4.69) is 50.2 Å². The summed E-state index contributed by atoms with van der Waals surface area (Å²) in [6.07, 6.45) is 3.89. The molecular formula is C31H26N4O2S. The molecule has 6 nitrogen and oxygen atoms in total. The van der Waals surface area contributed by atoms with Crippen molar-refractivity contribution in [1.82, 2.24) is 14.9 Å². The lowest BCUT2D eigenvalue weighted by molar-refractivity contribution is 0.414. The van der Waals surface area contributed by atoms with Crippen LogP contribution in [0.15, 0.2) is 122 Å². The number of benzene rings is 3. The van der Waals surface area contributed by atoms with Gasteiger partial charge in [-0.2, -0.15) is 0 Å². The summed E-state index contributed by atoms with van der Waals surface area (Å²) in [4.78, 5) is 6.84. The predicted octanol–water partition coefficient (Wildman–Crippen LogP) is 6.85. The lowest BCUT2D eigenvalue weighted by Crippen LogP contribution is -2.30. The van der Waals surface area contributed by atoms with Gasteiger partial charge < -0.3 is 24.3 Å². The van der Waals surface area contributed by atoms with E-state index in [-0.39, 0.29) is 12.1 Å². The maximum absolute atomic E-state index is 6.02. The minimum Gasteiger partial charge on any atom is -0.497 e. The number of hydrogen-bond donors (Lipinski definition) is 1. The first-order valence-corrected chi connectivity index (χ1v) is 12.8. The smallest absolute Gasteiger partial charge is 0.174 e. The van der Waals surface area contributed by atoms with E-state index >= 15 is 0 Å². The van der Waals surface area contributed by atoms with Crippen molar-refractivity contribution >= 4 is 23.0 Å². The zero-order chi connectivity index (χ0) is 25.9. The molecule has 0 amide bonds. The molecule has 38 heavy (non-hydrogen) atoms. The maximum Gasteiger partial charge on any atom is 0.174 e. The number of ether oxygens (including phenoxy) is 2. The molecule has 5 aromatic rings. The van der Waals surface area contributed by atoms with E-state index in [1.54, 1.807) is 7.11 Å². The molecule has 0 bridgehead atoms. The highest BCUT2D eigenvalue weighted by molar-refractivity contribution is 7.80. The number of para-hydroxylation sites is 1. The molecule has 1 aliphatic rings. The molecule has 1 aliphatic heterocycles. The molecule has 188 valence electrons. The molecule has 7 heteroatoms. The van der Waals surface area contributed by atoms with Crippen molar-refractivity contribution in [2.24, 2.45) is 0 Å². The molecule has 0 radical (unpaired) electrons. The van der Waals surface area contributed by atoms with Crippen LogP contribution in [0.4, 0.5) is 5.69 Å². The quantitative estimate of drug-likeness (QED) is 0.238. The lowest BCUT2D eigenvalue weighted by Gasteiger charge is -2.29. The number of methoxy groups -OCH3 is 1. The van der Waals surface area contributed by atoms with Crippen LogP contribution in [-0.2, 0) is 0 Å². The average Bonchev–Trinajstić information content (AvgIpc) is 3.59. The van der Waals surface area contributed by atoms with Crippen LogP contribution in [0.3, 0.4) is 0 Å². The molecule has 6 rings (SSSR count). The highest BCUT2D eigenvalue weighted by atomic mass is 32.1. The third-order valence-electron chi connectivity index (χ3n) is 6.63. The lowest BCUT2D eigenvalue weighted by atomic mass is 10.0. The van der Waals surface area contributed by atoms with Crippen molar-refractivity contribution in [3.05, 3.63) is 133 Å². The second kappa shape index (κ2) is 10.4. The van der Waals surface area contributed by atoms with Gasteiger partial charge in [0.1, 0.15) is 23.3 Å². The second-order valence-electron chi connectivity index (χ2n) is 8.91. The highest BCUT2D eigenvalue weighted by Gasteiger charge is 2.42. The van der Waals surface area contributed by atoms with Crippen LogP contribution in [0.2, 0.25) is 0 Å². The molecule has 0 unspecified atom stereocenters. The van der Waals surface area contributed by atoms with Crippen molar-refractivity contribution in [3.8, 4) is 22.9 Å². The molecule has 2 aromatic heterocycles. The van der Waals surface area contributed by atoms with E-state index in [0.29, 0.717) is 5.11 Å². The third kappa shape index (κ3) is 4.60. The Morgan fingerprint density at radius 3 is 2.13 bits per heavy atom. The maximum atomic E-state index is 6.02. The molecule has 0 saturated carbocycles. The van der Waals surface area contributed by atoms with Gasteiger partial charge in [-0.25, -0.2) is 0 Å². The Morgan fingerprint density at radius 1 is 0.737 bits per heavy atom. The molecule has 3 heterocycles. The summed E-state index contributed by atoms with van der Waals surface area (Å²) in [7, 11) is 1.67. The Hall–Kier alpha value is -4.62. The standard InChI is InChI=1S/C31H26N4O2S/c1-36-24-16-12-22(13-17-24)34-21-7-11-28(34)30-29(27-10-5-6-20-32-27)33-31(38)35(30)23-14-18-26(19-15-23)37-25-8-3-2-4-9-25/h2-21,29-30H,1H3,(H,33,38)/t29-,30-/m1/s1. The first-order valence-electron chi connectivity index (χ1n) is 12.4. The Kier molecular flexibility index (Phi) is 6.50. The first kappa shape index (κ1) is 23.8. The Balaban J connectivity index is 1.39. The largest absolute Gasteiger partial charge is 0.497 e. The summed E-state index contributed by atoms with van der Waals surface area (Å²) < 4.78 is 13.6. The Labute approximate surface area is 227 Å². The minimum absolute atomic E-state index is 0.143. The van der Waals surface area contributed by atoms with Crippen LogP contribution in [0, 0.1) is 0 Å². The number of thiocarbonyl (C=S) groups is 1. The van der Waals surface area contributed by atoms with E-state index in [0.717, 1.165) is 40.0 Å². The van der Waals surface area contributed by atoms with E-state index in [1.807, 2.05) is 91.1 Å². The number of anilines is 1.